The minimum atomic E-state index is -0.282. The van der Waals surface area contributed by atoms with Crippen LogP contribution in [0.4, 0.5) is 0 Å². The van der Waals surface area contributed by atoms with Crippen LogP contribution in [-0.2, 0) is 4.74 Å². The highest BCUT2D eigenvalue weighted by Gasteiger charge is 2.26. The minimum Gasteiger partial charge on any atom is -0.504 e. The molecule has 2 atom stereocenters. The molecule has 0 radical (unpaired) electrons. The van der Waals surface area contributed by atoms with Crippen molar-refractivity contribution >= 4 is 5.91 Å². The second-order valence-electron chi connectivity index (χ2n) is 4.67. The molecule has 0 spiro atoms. The number of aromatic hydroxyl groups is 2. The number of hydrogen-bond acceptors (Lipinski definition) is 4. The van der Waals surface area contributed by atoms with Crippen LogP contribution in [0.3, 0.4) is 0 Å². The van der Waals surface area contributed by atoms with E-state index < -0.39 is 0 Å². The fourth-order valence-corrected chi connectivity index (χ4v) is 2.18. The van der Waals surface area contributed by atoms with Crippen LogP contribution in [0.1, 0.15) is 24.2 Å². The van der Waals surface area contributed by atoms with Crippen LogP contribution in [0.15, 0.2) is 18.2 Å². The summed E-state index contributed by atoms with van der Waals surface area (Å²) in [4.78, 5) is 13.9. The average Bonchev–Trinajstić information content (AvgIpc) is 2.30. The molecule has 18 heavy (non-hydrogen) atoms. The third-order valence-electron chi connectivity index (χ3n) is 2.93. The summed E-state index contributed by atoms with van der Waals surface area (Å²) in [5, 5.41) is 18.6. The van der Waals surface area contributed by atoms with Gasteiger partial charge < -0.3 is 19.8 Å². The predicted molar refractivity (Wildman–Crippen MR) is 65.7 cm³/mol. The van der Waals surface area contributed by atoms with Crippen molar-refractivity contribution in [2.75, 3.05) is 13.1 Å². The molecule has 98 valence electrons. The smallest absolute Gasteiger partial charge is 0.254 e. The average molecular weight is 251 g/mol. The number of rotatable bonds is 1. The Kier molecular flexibility index (Phi) is 3.43. The van der Waals surface area contributed by atoms with Crippen LogP contribution in [0.2, 0.25) is 0 Å². The number of hydrogen-bond donors (Lipinski definition) is 2. The van der Waals surface area contributed by atoms with Gasteiger partial charge in [0.25, 0.3) is 5.91 Å². The van der Waals surface area contributed by atoms with E-state index in [4.69, 9.17) is 4.74 Å². The van der Waals surface area contributed by atoms with Crippen molar-refractivity contribution in [2.45, 2.75) is 26.1 Å². The van der Waals surface area contributed by atoms with Gasteiger partial charge in [-0.3, -0.25) is 4.79 Å². The van der Waals surface area contributed by atoms with Crippen molar-refractivity contribution in [3.8, 4) is 11.5 Å². The Hall–Kier alpha value is -1.75. The molecule has 0 aliphatic carbocycles. The number of carbonyl (C=O) groups excluding carboxylic acids is 1. The van der Waals surface area contributed by atoms with Gasteiger partial charge in [0.15, 0.2) is 11.5 Å². The number of carbonyl (C=O) groups is 1. The molecule has 2 N–H and O–H groups in total. The quantitative estimate of drug-likeness (QED) is 0.739. The highest BCUT2D eigenvalue weighted by atomic mass is 16.5. The Morgan fingerprint density at radius 2 is 1.83 bits per heavy atom. The maximum atomic E-state index is 12.2. The van der Waals surface area contributed by atoms with Crippen molar-refractivity contribution in [2.24, 2.45) is 0 Å². The number of ether oxygens (including phenoxy) is 1. The van der Waals surface area contributed by atoms with E-state index in [0.29, 0.717) is 18.7 Å². The van der Waals surface area contributed by atoms with Crippen molar-refractivity contribution in [1.82, 2.24) is 4.90 Å². The fourth-order valence-electron chi connectivity index (χ4n) is 2.18. The molecule has 1 saturated heterocycles. The lowest BCUT2D eigenvalue weighted by molar-refractivity contribution is -0.0586. The standard InChI is InChI=1S/C13H17NO4/c1-8-6-14(7-9(2)18-8)13(17)10-3-4-11(15)12(16)5-10/h3-5,8-9,15-16H,6-7H2,1-2H3. The van der Waals surface area contributed by atoms with Gasteiger partial charge in [-0.25, -0.2) is 0 Å². The van der Waals surface area contributed by atoms with E-state index in [1.807, 2.05) is 13.8 Å². The van der Waals surface area contributed by atoms with Crippen LogP contribution < -0.4 is 0 Å². The molecule has 1 aromatic rings. The molecule has 0 aromatic heterocycles. The van der Waals surface area contributed by atoms with Crippen LogP contribution in [0, 0.1) is 0 Å². The number of morpholine rings is 1. The normalized spacial score (nSPS) is 24.0. The molecule has 1 aliphatic rings. The van der Waals surface area contributed by atoms with Gasteiger partial charge in [0.2, 0.25) is 0 Å². The summed E-state index contributed by atoms with van der Waals surface area (Å²) < 4.78 is 5.56. The first kappa shape index (κ1) is 12.7. The maximum absolute atomic E-state index is 12.2. The van der Waals surface area contributed by atoms with Gasteiger partial charge >= 0.3 is 0 Å². The first-order valence-corrected chi connectivity index (χ1v) is 5.94. The molecule has 1 heterocycles. The second-order valence-corrected chi connectivity index (χ2v) is 4.67. The zero-order valence-electron chi connectivity index (χ0n) is 10.5. The van der Waals surface area contributed by atoms with Gasteiger partial charge in [0, 0.05) is 18.7 Å². The molecule has 2 rings (SSSR count). The van der Waals surface area contributed by atoms with Gasteiger partial charge in [-0.05, 0) is 32.0 Å². The first-order chi connectivity index (χ1) is 8.47. The van der Waals surface area contributed by atoms with Gasteiger partial charge in [-0.15, -0.1) is 0 Å². The molecule has 0 saturated carbocycles. The number of nitrogens with zero attached hydrogens (tertiary/aromatic N) is 1. The Balaban J connectivity index is 2.17. The van der Waals surface area contributed by atoms with Gasteiger partial charge in [0.1, 0.15) is 0 Å². The first-order valence-electron chi connectivity index (χ1n) is 5.94. The number of phenolic OH excluding ortho intramolecular Hbond substituents is 2. The van der Waals surface area contributed by atoms with Crippen molar-refractivity contribution in [1.29, 1.82) is 0 Å². The molecule has 5 nitrogen and oxygen atoms in total. The number of phenols is 2. The molecular formula is C13H17NO4. The topological polar surface area (TPSA) is 70.0 Å². The second kappa shape index (κ2) is 4.86. The van der Waals surface area contributed by atoms with E-state index in [0.717, 1.165) is 0 Å². The van der Waals surface area contributed by atoms with Gasteiger partial charge in [0.05, 0.1) is 12.2 Å². The monoisotopic (exact) mass is 251 g/mol. The fraction of sp³-hybridized carbons (Fsp3) is 0.462. The highest BCUT2D eigenvalue weighted by molar-refractivity contribution is 5.95. The lowest BCUT2D eigenvalue weighted by Gasteiger charge is -2.35. The lowest BCUT2D eigenvalue weighted by Crippen LogP contribution is -2.48. The van der Waals surface area contributed by atoms with E-state index in [2.05, 4.69) is 0 Å². The Bertz CT molecular complexity index is 450. The SMILES string of the molecule is CC1CN(C(=O)c2ccc(O)c(O)c2)CC(C)O1. The number of amides is 1. The Labute approximate surface area is 106 Å². The number of benzene rings is 1. The molecule has 1 fully saturated rings. The lowest BCUT2D eigenvalue weighted by atomic mass is 10.1. The van der Waals surface area contributed by atoms with Gasteiger partial charge in [-0.1, -0.05) is 0 Å². The summed E-state index contributed by atoms with van der Waals surface area (Å²) in [6, 6.07) is 4.10. The van der Waals surface area contributed by atoms with Crippen LogP contribution in [0.25, 0.3) is 0 Å². The van der Waals surface area contributed by atoms with Crippen LogP contribution in [-0.4, -0.2) is 46.3 Å². The summed E-state index contributed by atoms with van der Waals surface area (Å²) in [7, 11) is 0. The molecular weight excluding hydrogens is 234 g/mol. The van der Waals surface area contributed by atoms with Crippen molar-refractivity contribution < 1.29 is 19.7 Å². The summed E-state index contributed by atoms with van der Waals surface area (Å²) >= 11 is 0. The molecule has 5 heteroatoms. The minimum absolute atomic E-state index is 0.00316. The third kappa shape index (κ3) is 2.56. The summed E-state index contributed by atoms with van der Waals surface area (Å²) in [5.74, 6) is -0.669. The third-order valence-corrected chi connectivity index (χ3v) is 2.93. The molecule has 2 unspecified atom stereocenters. The Morgan fingerprint density at radius 1 is 1.22 bits per heavy atom. The largest absolute Gasteiger partial charge is 0.504 e. The highest BCUT2D eigenvalue weighted by Crippen LogP contribution is 2.26. The van der Waals surface area contributed by atoms with Crippen molar-refractivity contribution in [3.05, 3.63) is 23.8 Å². The van der Waals surface area contributed by atoms with Gasteiger partial charge in [-0.2, -0.15) is 0 Å². The van der Waals surface area contributed by atoms with E-state index in [1.54, 1.807) is 4.90 Å². The zero-order valence-corrected chi connectivity index (χ0v) is 10.5. The molecule has 1 aliphatic heterocycles. The summed E-state index contributed by atoms with van der Waals surface area (Å²) in [6.45, 7) is 4.91. The van der Waals surface area contributed by atoms with Crippen molar-refractivity contribution in [3.63, 3.8) is 0 Å². The molecule has 1 aromatic carbocycles. The van der Waals surface area contributed by atoms with E-state index in [1.165, 1.54) is 18.2 Å². The van der Waals surface area contributed by atoms with E-state index in [9.17, 15) is 15.0 Å². The van der Waals surface area contributed by atoms with E-state index in [-0.39, 0.29) is 29.6 Å². The molecule has 1 amide bonds. The Morgan fingerprint density at radius 3 is 2.39 bits per heavy atom. The summed E-state index contributed by atoms with van der Waals surface area (Å²) in [6.07, 6.45) is 0.00632. The van der Waals surface area contributed by atoms with Crippen LogP contribution >= 0.6 is 0 Å². The molecule has 0 bridgehead atoms. The maximum Gasteiger partial charge on any atom is 0.254 e. The zero-order chi connectivity index (χ0) is 13.3. The van der Waals surface area contributed by atoms with E-state index >= 15 is 0 Å². The summed E-state index contributed by atoms with van der Waals surface area (Å²) in [5.41, 5.74) is 0.367. The predicted octanol–water partition coefficient (Wildman–Crippen LogP) is 1.35. The van der Waals surface area contributed by atoms with Crippen LogP contribution in [0.5, 0.6) is 11.5 Å².